The van der Waals surface area contributed by atoms with Crippen molar-refractivity contribution in [2.24, 2.45) is 10.9 Å². The van der Waals surface area contributed by atoms with E-state index < -0.39 is 10.8 Å². The molecule has 1 aromatic carbocycles. The molecule has 0 aliphatic carbocycles. The topological polar surface area (TPSA) is 62.7 Å². The Labute approximate surface area is 171 Å². The fourth-order valence-electron chi connectivity index (χ4n) is 2.33. The van der Waals surface area contributed by atoms with Crippen LogP contribution in [-0.2, 0) is 15.5 Å². The van der Waals surface area contributed by atoms with E-state index in [0.29, 0.717) is 18.2 Å². The number of guanidine groups is 1. The molecule has 0 amide bonds. The van der Waals surface area contributed by atoms with Gasteiger partial charge in [-0.25, -0.2) is 0 Å². The van der Waals surface area contributed by atoms with Gasteiger partial charge in [-0.3, -0.25) is 9.20 Å². The van der Waals surface area contributed by atoms with Crippen molar-refractivity contribution in [1.29, 1.82) is 0 Å². The second-order valence-corrected chi connectivity index (χ2v) is 7.39. The van der Waals surface area contributed by atoms with Crippen molar-refractivity contribution in [1.82, 2.24) is 10.6 Å². The van der Waals surface area contributed by atoms with E-state index in [9.17, 15) is 4.21 Å². The fourth-order valence-corrected chi connectivity index (χ4v) is 3.31. The minimum atomic E-state index is -0.989. The van der Waals surface area contributed by atoms with Gasteiger partial charge in [0.1, 0.15) is 0 Å². The quantitative estimate of drug-likeness (QED) is 0.307. The predicted octanol–water partition coefficient (Wildman–Crippen LogP) is 3.03. The summed E-state index contributed by atoms with van der Waals surface area (Å²) in [6, 6.07) is 9.53. The third-order valence-electron chi connectivity index (χ3n) is 3.66. The Bertz CT molecular complexity index is 512. The van der Waals surface area contributed by atoms with Crippen molar-refractivity contribution < 1.29 is 8.95 Å². The van der Waals surface area contributed by atoms with Crippen LogP contribution in [0.15, 0.2) is 40.2 Å². The van der Waals surface area contributed by atoms with Crippen LogP contribution in [0.5, 0.6) is 0 Å². The van der Waals surface area contributed by atoms with Crippen molar-refractivity contribution in [2.75, 3.05) is 32.5 Å². The summed E-state index contributed by atoms with van der Waals surface area (Å²) in [6.45, 7) is 8.51. The maximum Gasteiger partial charge on any atom is 0.191 e. The smallest absolute Gasteiger partial charge is 0.191 e. The Balaban J connectivity index is 0.00000576. The lowest BCUT2D eigenvalue weighted by Gasteiger charge is -2.21. The number of hydrogen-bond acceptors (Lipinski definition) is 3. The molecule has 2 atom stereocenters. The first kappa shape index (κ1) is 24.3. The number of aliphatic imine (C=N–C) groups is 1. The minimum Gasteiger partial charge on any atom is -0.378 e. The highest BCUT2D eigenvalue weighted by atomic mass is 127. The Morgan fingerprint density at radius 2 is 1.84 bits per heavy atom. The minimum absolute atomic E-state index is 0. The van der Waals surface area contributed by atoms with Crippen molar-refractivity contribution in [3.05, 3.63) is 30.3 Å². The van der Waals surface area contributed by atoms with E-state index in [4.69, 9.17) is 4.74 Å². The summed E-state index contributed by atoms with van der Waals surface area (Å²) in [5, 5.41) is 6.50. The molecule has 0 saturated heterocycles. The molecule has 25 heavy (non-hydrogen) atoms. The van der Waals surface area contributed by atoms with Crippen LogP contribution < -0.4 is 10.6 Å². The van der Waals surface area contributed by atoms with E-state index in [-0.39, 0.29) is 30.1 Å². The number of benzene rings is 1. The van der Waals surface area contributed by atoms with Crippen molar-refractivity contribution in [3.63, 3.8) is 0 Å². The fraction of sp³-hybridized carbons (Fsp3) is 0.611. The van der Waals surface area contributed by atoms with Crippen LogP contribution in [0.25, 0.3) is 0 Å². The summed E-state index contributed by atoms with van der Waals surface area (Å²) in [6.07, 6.45) is 1.19. The molecule has 5 nitrogen and oxygen atoms in total. The van der Waals surface area contributed by atoms with Crippen LogP contribution >= 0.6 is 24.0 Å². The van der Waals surface area contributed by atoms with Gasteiger partial charge < -0.3 is 15.4 Å². The molecule has 144 valence electrons. The number of ether oxygens (including phenoxy) is 1. The Kier molecular flexibility index (Phi) is 14.1. The number of rotatable bonds is 10. The summed E-state index contributed by atoms with van der Waals surface area (Å²) in [5.74, 6) is 1.78. The average Bonchev–Trinajstić information content (AvgIpc) is 2.59. The zero-order valence-corrected chi connectivity index (χ0v) is 18.8. The van der Waals surface area contributed by atoms with Crippen LogP contribution in [0.1, 0.15) is 27.2 Å². The van der Waals surface area contributed by atoms with Gasteiger partial charge in [-0.05, 0) is 31.4 Å². The molecule has 0 aliphatic rings. The van der Waals surface area contributed by atoms with Crippen molar-refractivity contribution in [2.45, 2.75) is 38.2 Å². The summed E-state index contributed by atoms with van der Waals surface area (Å²) in [5.41, 5.74) is 0. The molecule has 7 heteroatoms. The highest BCUT2D eigenvalue weighted by molar-refractivity contribution is 14.0. The van der Waals surface area contributed by atoms with E-state index in [1.54, 1.807) is 7.05 Å². The third-order valence-corrected chi connectivity index (χ3v) is 5.03. The molecule has 0 aliphatic heterocycles. The van der Waals surface area contributed by atoms with E-state index in [0.717, 1.165) is 30.4 Å². The van der Waals surface area contributed by atoms with E-state index in [1.165, 1.54) is 0 Å². The summed E-state index contributed by atoms with van der Waals surface area (Å²) >= 11 is 0. The van der Waals surface area contributed by atoms with Gasteiger partial charge in [0, 0.05) is 37.4 Å². The van der Waals surface area contributed by atoms with Gasteiger partial charge in [-0.15, -0.1) is 24.0 Å². The lowest BCUT2D eigenvalue weighted by Crippen LogP contribution is -2.40. The summed E-state index contributed by atoms with van der Waals surface area (Å²) in [4.78, 5) is 5.06. The summed E-state index contributed by atoms with van der Waals surface area (Å²) < 4.78 is 17.9. The lowest BCUT2D eigenvalue weighted by atomic mass is 10.0. The highest BCUT2D eigenvalue weighted by Crippen LogP contribution is 2.09. The van der Waals surface area contributed by atoms with Gasteiger partial charge in [0.2, 0.25) is 0 Å². The average molecular weight is 481 g/mol. The van der Waals surface area contributed by atoms with Crippen molar-refractivity contribution >= 4 is 40.7 Å². The number of halogens is 1. The Morgan fingerprint density at radius 1 is 1.20 bits per heavy atom. The molecule has 0 aromatic heterocycles. The Hall–Kier alpha value is -0.670. The van der Waals surface area contributed by atoms with Crippen LogP contribution in [0.4, 0.5) is 0 Å². The molecule has 2 unspecified atom stereocenters. The summed E-state index contributed by atoms with van der Waals surface area (Å²) in [7, 11) is 0.753. The molecule has 1 rings (SSSR count). The number of hydrogen-bond donors (Lipinski definition) is 2. The Morgan fingerprint density at radius 3 is 2.40 bits per heavy atom. The van der Waals surface area contributed by atoms with Crippen LogP contribution in [0.3, 0.4) is 0 Å². The molecule has 0 saturated carbocycles. The number of nitrogens with zero attached hydrogens (tertiary/aromatic N) is 1. The van der Waals surface area contributed by atoms with Crippen LogP contribution in [0.2, 0.25) is 0 Å². The molecule has 0 fully saturated rings. The maximum atomic E-state index is 12.2. The molecular weight excluding hydrogens is 449 g/mol. The van der Waals surface area contributed by atoms with Gasteiger partial charge >= 0.3 is 0 Å². The van der Waals surface area contributed by atoms with E-state index in [2.05, 4.69) is 29.5 Å². The van der Waals surface area contributed by atoms with Crippen molar-refractivity contribution in [3.8, 4) is 0 Å². The molecule has 0 spiro atoms. The standard InChI is InChI=1S/C18H31N3O2S.HI/c1-5-23-17(15(2)3)11-12-20-18(19-4)21-13-14-24(22)16-9-7-6-8-10-16;/h6-10,15,17H,5,11-14H2,1-4H3,(H2,19,20,21);1H. The molecule has 2 N–H and O–H groups in total. The lowest BCUT2D eigenvalue weighted by molar-refractivity contribution is 0.0258. The molecule has 0 bridgehead atoms. The molecule has 1 aromatic rings. The first-order valence-corrected chi connectivity index (χ1v) is 9.89. The van der Waals surface area contributed by atoms with Gasteiger partial charge in [-0.2, -0.15) is 0 Å². The second-order valence-electron chi connectivity index (χ2n) is 5.81. The van der Waals surface area contributed by atoms with Crippen LogP contribution in [-0.4, -0.2) is 48.8 Å². The maximum absolute atomic E-state index is 12.2. The largest absolute Gasteiger partial charge is 0.378 e. The monoisotopic (exact) mass is 481 g/mol. The van der Waals surface area contributed by atoms with Gasteiger partial charge in [0.15, 0.2) is 5.96 Å². The zero-order valence-electron chi connectivity index (χ0n) is 15.7. The van der Waals surface area contributed by atoms with E-state index in [1.807, 2.05) is 37.3 Å². The molecular formula is C18H32IN3O2S. The third kappa shape index (κ3) is 10.2. The van der Waals surface area contributed by atoms with Gasteiger partial charge in [0.25, 0.3) is 0 Å². The number of nitrogens with one attached hydrogen (secondary N) is 2. The molecule has 0 radical (unpaired) electrons. The molecule has 0 heterocycles. The van der Waals surface area contributed by atoms with Crippen LogP contribution in [0, 0.1) is 5.92 Å². The highest BCUT2D eigenvalue weighted by Gasteiger charge is 2.13. The second kappa shape index (κ2) is 14.5. The first-order valence-electron chi connectivity index (χ1n) is 8.58. The normalized spacial score (nSPS) is 13.9. The first-order chi connectivity index (χ1) is 11.6. The predicted molar refractivity (Wildman–Crippen MR) is 117 cm³/mol. The SMILES string of the molecule is CCOC(CCNC(=NC)NCCS(=O)c1ccccc1)C(C)C.I. The van der Waals surface area contributed by atoms with Gasteiger partial charge in [-0.1, -0.05) is 32.0 Å². The van der Waals surface area contributed by atoms with Gasteiger partial charge in [0.05, 0.1) is 16.9 Å². The zero-order chi connectivity index (χ0) is 17.8. The van der Waals surface area contributed by atoms with E-state index >= 15 is 0 Å².